The van der Waals surface area contributed by atoms with E-state index in [9.17, 15) is 13.2 Å². The molecule has 0 saturated carbocycles. The van der Waals surface area contributed by atoms with E-state index in [1.165, 1.54) is 30.9 Å². The second-order valence-electron chi connectivity index (χ2n) is 4.97. The Balaban J connectivity index is 2.11. The molecule has 0 radical (unpaired) electrons. The highest BCUT2D eigenvalue weighted by Gasteiger charge is 2.23. The zero-order chi connectivity index (χ0) is 17.7. The number of likely N-dealkylation sites (N-methyl/N-ethyl adjacent to an activating group) is 1. The van der Waals surface area contributed by atoms with Gasteiger partial charge < -0.3 is 5.32 Å². The topological polar surface area (TPSA) is 66.5 Å². The number of nitrogens with zero attached hydrogens (tertiary/aromatic N) is 1. The molecule has 0 aromatic heterocycles. The summed E-state index contributed by atoms with van der Waals surface area (Å²) in [7, 11) is -2.34. The summed E-state index contributed by atoms with van der Waals surface area (Å²) in [6.45, 7) is -0.266. The molecule has 0 aliphatic carbocycles. The predicted octanol–water partition coefficient (Wildman–Crippen LogP) is 3.43. The van der Waals surface area contributed by atoms with E-state index < -0.39 is 15.9 Å². The average molecular weight is 429 g/mol. The van der Waals surface area contributed by atoms with Crippen molar-refractivity contribution in [1.29, 1.82) is 0 Å². The molecule has 2 aromatic rings. The SMILES string of the molecule is CSc1ccccc1NC(=O)CN(C)S(=O)(=O)c1cccc(Br)c1. The van der Waals surface area contributed by atoms with Crippen LogP contribution in [0.3, 0.4) is 0 Å². The standard InChI is InChI=1S/C16H17BrN2O3S2/c1-19(24(21,22)13-7-5-6-12(17)10-13)11-16(20)18-14-8-3-4-9-15(14)23-2/h3-10H,11H2,1-2H3,(H,18,20). The van der Waals surface area contributed by atoms with Crippen molar-refractivity contribution in [3.63, 3.8) is 0 Å². The molecule has 0 aliphatic heterocycles. The fourth-order valence-corrected chi connectivity index (χ4v) is 4.31. The number of benzene rings is 2. The first-order valence-corrected chi connectivity index (χ1v) is 10.4. The second kappa shape index (κ2) is 8.15. The fraction of sp³-hybridized carbons (Fsp3) is 0.188. The van der Waals surface area contributed by atoms with Crippen molar-refractivity contribution >= 4 is 49.3 Å². The van der Waals surface area contributed by atoms with Gasteiger partial charge in [0.15, 0.2) is 0 Å². The van der Waals surface area contributed by atoms with Crippen LogP contribution in [0.25, 0.3) is 0 Å². The molecule has 8 heteroatoms. The van der Waals surface area contributed by atoms with Gasteiger partial charge in [-0.05, 0) is 36.6 Å². The number of nitrogens with one attached hydrogen (secondary N) is 1. The van der Waals surface area contributed by atoms with Gasteiger partial charge in [0.1, 0.15) is 0 Å². The molecule has 0 unspecified atom stereocenters. The molecule has 1 amide bonds. The van der Waals surface area contributed by atoms with E-state index in [2.05, 4.69) is 21.2 Å². The molecule has 128 valence electrons. The molecular formula is C16H17BrN2O3S2. The molecule has 2 rings (SSSR count). The van der Waals surface area contributed by atoms with Gasteiger partial charge in [-0.15, -0.1) is 11.8 Å². The number of sulfonamides is 1. The van der Waals surface area contributed by atoms with Crippen molar-refractivity contribution in [2.45, 2.75) is 9.79 Å². The van der Waals surface area contributed by atoms with Crippen molar-refractivity contribution in [3.8, 4) is 0 Å². The highest BCUT2D eigenvalue weighted by Crippen LogP contribution is 2.24. The lowest BCUT2D eigenvalue weighted by atomic mass is 10.3. The van der Waals surface area contributed by atoms with E-state index >= 15 is 0 Å². The first kappa shape index (κ1) is 19.0. The van der Waals surface area contributed by atoms with Crippen molar-refractivity contribution in [1.82, 2.24) is 4.31 Å². The number of hydrogen-bond donors (Lipinski definition) is 1. The van der Waals surface area contributed by atoms with Gasteiger partial charge >= 0.3 is 0 Å². The normalized spacial score (nSPS) is 11.5. The number of halogens is 1. The lowest BCUT2D eigenvalue weighted by Gasteiger charge is -2.17. The monoisotopic (exact) mass is 428 g/mol. The summed E-state index contributed by atoms with van der Waals surface area (Å²) in [6, 6.07) is 13.8. The number of anilines is 1. The van der Waals surface area contributed by atoms with Gasteiger partial charge in [-0.25, -0.2) is 8.42 Å². The zero-order valence-electron chi connectivity index (χ0n) is 13.2. The molecule has 2 aromatic carbocycles. The first-order valence-electron chi connectivity index (χ1n) is 6.99. The minimum absolute atomic E-state index is 0.136. The maximum absolute atomic E-state index is 12.5. The van der Waals surface area contributed by atoms with E-state index in [1.54, 1.807) is 18.2 Å². The van der Waals surface area contributed by atoms with Gasteiger partial charge in [-0.3, -0.25) is 4.79 Å². The summed E-state index contributed by atoms with van der Waals surface area (Å²) in [6.07, 6.45) is 1.91. The summed E-state index contributed by atoms with van der Waals surface area (Å²) >= 11 is 4.76. The Morgan fingerprint density at radius 2 is 1.92 bits per heavy atom. The van der Waals surface area contributed by atoms with Crippen LogP contribution in [0.5, 0.6) is 0 Å². The average Bonchev–Trinajstić information content (AvgIpc) is 2.55. The molecular weight excluding hydrogens is 412 g/mol. The number of carbonyl (C=O) groups excluding carboxylic acids is 1. The Morgan fingerprint density at radius 3 is 2.58 bits per heavy atom. The molecule has 0 saturated heterocycles. The molecule has 5 nitrogen and oxygen atoms in total. The van der Waals surface area contributed by atoms with Crippen LogP contribution in [0.1, 0.15) is 0 Å². The van der Waals surface area contributed by atoms with Crippen LogP contribution in [-0.4, -0.2) is 38.5 Å². The van der Waals surface area contributed by atoms with E-state index in [4.69, 9.17) is 0 Å². The van der Waals surface area contributed by atoms with Gasteiger partial charge in [0, 0.05) is 16.4 Å². The van der Waals surface area contributed by atoms with Gasteiger partial charge in [-0.2, -0.15) is 4.31 Å². The third kappa shape index (κ3) is 4.60. The van der Waals surface area contributed by atoms with Crippen LogP contribution in [0.2, 0.25) is 0 Å². The van der Waals surface area contributed by atoms with Gasteiger partial charge in [-0.1, -0.05) is 34.1 Å². The number of para-hydroxylation sites is 1. The number of rotatable bonds is 6. The minimum Gasteiger partial charge on any atom is -0.324 e. The van der Waals surface area contributed by atoms with Crippen LogP contribution in [0, 0.1) is 0 Å². The second-order valence-corrected chi connectivity index (χ2v) is 8.78. The van der Waals surface area contributed by atoms with Crippen LogP contribution >= 0.6 is 27.7 Å². The highest BCUT2D eigenvalue weighted by molar-refractivity contribution is 9.10. The van der Waals surface area contributed by atoms with Crippen molar-refractivity contribution < 1.29 is 13.2 Å². The third-order valence-corrected chi connectivity index (χ3v) is 6.34. The van der Waals surface area contributed by atoms with Crippen molar-refractivity contribution in [2.24, 2.45) is 0 Å². The van der Waals surface area contributed by atoms with E-state index in [1.807, 2.05) is 24.5 Å². The van der Waals surface area contributed by atoms with E-state index in [0.717, 1.165) is 9.20 Å². The summed E-state index contributed by atoms with van der Waals surface area (Å²) < 4.78 is 26.7. The molecule has 0 heterocycles. The maximum Gasteiger partial charge on any atom is 0.243 e. The molecule has 0 aliphatic rings. The number of carbonyl (C=O) groups is 1. The molecule has 1 N–H and O–H groups in total. The number of thioether (sulfide) groups is 1. The Hall–Kier alpha value is -1.35. The van der Waals surface area contributed by atoms with Crippen molar-refractivity contribution in [2.75, 3.05) is 25.2 Å². The lowest BCUT2D eigenvalue weighted by Crippen LogP contribution is -2.35. The van der Waals surface area contributed by atoms with Crippen LogP contribution < -0.4 is 5.32 Å². The lowest BCUT2D eigenvalue weighted by molar-refractivity contribution is -0.116. The Morgan fingerprint density at radius 1 is 1.21 bits per heavy atom. The summed E-state index contributed by atoms with van der Waals surface area (Å²) in [5.74, 6) is -0.391. The maximum atomic E-state index is 12.5. The van der Waals surface area contributed by atoms with Crippen LogP contribution in [0.15, 0.2) is 62.8 Å². The van der Waals surface area contributed by atoms with Crippen molar-refractivity contribution in [3.05, 3.63) is 53.0 Å². The zero-order valence-corrected chi connectivity index (χ0v) is 16.4. The summed E-state index contributed by atoms with van der Waals surface area (Å²) in [4.78, 5) is 13.3. The first-order chi connectivity index (χ1) is 11.3. The minimum atomic E-state index is -3.73. The number of amides is 1. The summed E-state index contributed by atoms with van der Waals surface area (Å²) in [5.41, 5.74) is 0.670. The Labute approximate surface area is 154 Å². The molecule has 24 heavy (non-hydrogen) atoms. The van der Waals surface area contributed by atoms with Gasteiger partial charge in [0.25, 0.3) is 0 Å². The van der Waals surface area contributed by atoms with Gasteiger partial charge in [0.05, 0.1) is 17.1 Å². The smallest absolute Gasteiger partial charge is 0.243 e. The van der Waals surface area contributed by atoms with Crippen LogP contribution in [0.4, 0.5) is 5.69 Å². The molecule has 0 bridgehead atoms. The fourth-order valence-electron chi connectivity index (χ4n) is 2.03. The van der Waals surface area contributed by atoms with Crippen LogP contribution in [-0.2, 0) is 14.8 Å². The quantitative estimate of drug-likeness (QED) is 0.715. The third-order valence-electron chi connectivity index (χ3n) is 3.25. The van der Waals surface area contributed by atoms with Gasteiger partial charge in [0.2, 0.25) is 15.9 Å². The molecule has 0 atom stereocenters. The van der Waals surface area contributed by atoms with E-state index in [-0.39, 0.29) is 11.4 Å². The Kier molecular flexibility index (Phi) is 6.45. The summed E-state index contributed by atoms with van der Waals surface area (Å²) in [5, 5.41) is 2.75. The molecule has 0 spiro atoms. The predicted molar refractivity (Wildman–Crippen MR) is 101 cm³/mol. The van der Waals surface area contributed by atoms with E-state index in [0.29, 0.717) is 10.2 Å². The molecule has 0 fully saturated rings. The highest BCUT2D eigenvalue weighted by atomic mass is 79.9. The largest absolute Gasteiger partial charge is 0.324 e. The Bertz CT molecular complexity index is 841. The number of hydrogen-bond acceptors (Lipinski definition) is 4.